The van der Waals surface area contributed by atoms with E-state index in [1.54, 1.807) is 31.3 Å². The lowest BCUT2D eigenvalue weighted by atomic mass is 10.2. The molecule has 0 amide bonds. The monoisotopic (exact) mass is 260 g/mol. The Balaban J connectivity index is 2.51. The molecule has 0 saturated heterocycles. The molecule has 90 valence electrons. The van der Waals surface area contributed by atoms with Crippen LogP contribution in [0, 0.1) is 6.92 Å². The fourth-order valence-corrected chi connectivity index (χ4v) is 2.12. The normalized spacial score (nSPS) is 11.0. The van der Waals surface area contributed by atoms with Crippen molar-refractivity contribution in [3.8, 4) is 5.82 Å². The summed E-state index contributed by atoms with van der Waals surface area (Å²) in [5.74, 6) is 0.569. The Hall–Kier alpha value is -2.14. The molecular weight excluding hydrogens is 252 g/mol. The molecule has 2 heterocycles. The molecule has 0 aliphatic heterocycles. The Morgan fingerprint density at radius 1 is 1.33 bits per heavy atom. The van der Waals surface area contributed by atoms with Crippen molar-refractivity contribution in [2.24, 2.45) is 0 Å². The van der Waals surface area contributed by atoms with E-state index in [0.717, 1.165) is 5.39 Å². The van der Waals surface area contributed by atoms with Crippen LogP contribution in [-0.2, 0) is 0 Å². The van der Waals surface area contributed by atoms with Gasteiger partial charge in [-0.05, 0) is 25.1 Å². The summed E-state index contributed by atoms with van der Waals surface area (Å²) < 4.78 is 1.46. The van der Waals surface area contributed by atoms with Gasteiger partial charge < -0.3 is 0 Å². The molecule has 0 atom stereocenters. The van der Waals surface area contributed by atoms with Gasteiger partial charge in [0.15, 0.2) is 0 Å². The van der Waals surface area contributed by atoms with Gasteiger partial charge in [0.05, 0.1) is 17.4 Å². The highest BCUT2D eigenvalue weighted by atomic mass is 35.5. The minimum Gasteiger partial charge on any atom is -0.262 e. The minimum absolute atomic E-state index is 0.355. The van der Waals surface area contributed by atoms with Crippen LogP contribution in [0.15, 0.2) is 35.3 Å². The fourth-order valence-electron chi connectivity index (χ4n) is 1.96. The minimum atomic E-state index is -0.355. The van der Waals surface area contributed by atoms with Gasteiger partial charge in [-0.1, -0.05) is 11.6 Å². The maximum atomic E-state index is 12.0. The topological polar surface area (TPSA) is 63.6 Å². The number of nitrogens with one attached hydrogen (secondary N) is 1. The van der Waals surface area contributed by atoms with Crippen LogP contribution in [0.5, 0.6) is 0 Å². The number of aromatic amines is 1. The Bertz CT molecular complexity index is 777. The summed E-state index contributed by atoms with van der Waals surface area (Å²) in [6.45, 7) is 1.80. The molecule has 0 fully saturated rings. The molecule has 3 rings (SSSR count). The molecule has 1 N–H and O–H groups in total. The van der Waals surface area contributed by atoms with E-state index in [1.165, 1.54) is 4.57 Å². The first-order valence-corrected chi connectivity index (χ1v) is 5.73. The van der Waals surface area contributed by atoms with Crippen LogP contribution >= 0.6 is 11.6 Å². The summed E-state index contributed by atoms with van der Waals surface area (Å²) >= 11 is 6.00. The van der Waals surface area contributed by atoms with E-state index in [0.29, 0.717) is 22.1 Å². The Morgan fingerprint density at radius 2 is 2.17 bits per heavy atom. The Labute approximate surface area is 107 Å². The summed E-state index contributed by atoms with van der Waals surface area (Å²) in [6, 6.07) is 7.08. The quantitative estimate of drug-likeness (QED) is 0.728. The second kappa shape index (κ2) is 3.96. The molecule has 2 aromatic heterocycles. The average Bonchev–Trinajstić information content (AvgIpc) is 2.82. The lowest BCUT2D eigenvalue weighted by molar-refractivity contribution is 0.893. The molecule has 6 heteroatoms. The first-order chi connectivity index (χ1) is 8.66. The van der Waals surface area contributed by atoms with Crippen molar-refractivity contribution in [1.82, 2.24) is 19.7 Å². The van der Waals surface area contributed by atoms with E-state index in [4.69, 9.17) is 11.6 Å². The number of aryl methyl sites for hydroxylation is 1. The third kappa shape index (κ3) is 1.60. The van der Waals surface area contributed by atoms with Crippen LogP contribution in [-0.4, -0.2) is 19.7 Å². The molecule has 0 saturated carbocycles. The van der Waals surface area contributed by atoms with Crippen molar-refractivity contribution in [1.29, 1.82) is 0 Å². The van der Waals surface area contributed by atoms with Gasteiger partial charge >= 0.3 is 5.69 Å². The van der Waals surface area contributed by atoms with Gasteiger partial charge in [0.1, 0.15) is 5.82 Å². The van der Waals surface area contributed by atoms with Crippen molar-refractivity contribution in [2.75, 3.05) is 0 Å². The van der Waals surface area contributed by atoms with Crippen molar-refractivity contribution >= 4 is 22.5 Å². The molecule has 0 aliphatic carbocycles. The predicted octanol–water partition coefficient (Wildman–Crippen LogP) is 2.07. The Kier molecular flexibility index (Phi) is 2.41. The number of nitrogens with zero attached hydrogens (tertiary/aromatic N) is 3. The van der Waals surface area contributed by atoms with Gasteiger partial charge in [-0.25, -0.2) is 9.36 Å². The summed E-state index contributed by atoms with van der Waals surface area (Å²) in [5, 5.41) is 8.05. The lowest BCUT2D eigenvalue weighted by Crippen LogP contribution is -2.23. The smallest absolute Gasteiger partial charge is 0.262 e. The van der Waals surface area contributed by atoms with Gasteiger partial charge in [0.25, 0.3) is 0 Å². The third-order valence-electron chi connectivity index (χ3n) is 2.77. The fraction of sp³-hybridized carbons (Fsp3) is 0.0833. The summed E-state index contributed by atoms with van der Waals surface area (Å²) in [7, 11) is 0. The van der Waals surface area contributed by atoms with Crippen LogP contribution in [0.4, 0.5) is 0 Å². The van der Waals surface area contributed by atoms with Crippen molar-refractivity contribution in [3.05, 3.63) is 51.7 Å². The number of hydrogen-bond donors (Lipinski definition) is 1. The van der Waals surface area contributed by atoms with E-state index < -0.39 is 0 Å². The number of fused-ring (bicyclic) bond motifs is 1. The van der Waals surface area contributed by atoms with Gasteiger partial charge in [0.2, 0.25) is 0 Å². The molecule has 0 bridgehead atoms. The molecule has 0 aliphatic rings. The van der Waals surface area contributed by atoms with Crippen LogP contribution in [0.2, 0.25) is 5.02 Å². The standard InChI is InChI=1S/C12H9ClN4O/c1-7-9-3-2-8(13)6-10(9)17(12(18)15-7)11-4-5-14-16-11/h2-6H,1H3,(H,14,16). The van der Waals surface area contributed by atoms with Crippen molar-refractivity contribution in [2.45, 2.75) is 6.92 Å². The van der Waals surface area contributed by atoms with E-state index in [1.807, 2.05) is 6.07 Å². The van der Waals surface area contributed by atoms with Crippen LogP contribution in [0.3, 0.4) is 0 Å². The predicted molar refractivity (Wildman–Crippen MR) is 69.2 cm³/mol. The molecular formula is C12H9ClN4O. The molecule has 5 nitrogen and oxygen atoms in total. The van der Waals surface area contributed by atoms with Gasteiger partial charge in [0, 0.05) is 16.5 Å². The second-order valence-corrected chi connectivity index (χ2v) is 4.35. The third-order valence-corrected chi connectivity index (χ3v) is 3.01. The lowest BCUT2D eigenvalue weighted by Gasteiger charge is -2.09. The molecule has 3 aromatic rings. The van der Waals surface area contributed by atoms with Gasteiger partial charge in [-0.3, -0.25) is 5.10 Å². The maximum absolute atomic E-state index is 12.0. The highest BCUT2D eigenvalue weighted by molar-refractivity contribution is 6.31. The zero-order valence-corrected chi connectivity index (χ0v) is 10.3. The number of benzene rings is 1. The van der Waals surface area contributed by atoms with Crippen molar-refractivity contribution < 1.29 is 0 Å². The van der Waals surface area contributed by atoms with Crippen LogP contribution in [0.25, 0.3) is 16.7 Å². The second-order valence-electron chi connectivity index (χ2n) is 3.92. The number of H-pyrrole nitrogens is 1. The first kappa shape index (κ1) is 11.0. The molecule has 0 unspecified atom stereocenters. The summed E-state index contributed by atoms with van der Waals surface area (Å²) in [5.41, 5.74) is 1.04. The van der Waals surface area contributed by atoms with Crippen molar-refractivity contribution in [3.63, 3.8) is 0 Å². The zero-order chi connectivity index (χ0) is 12.7. The van der Waals surface area contributed by atoms with Gasteiger partial charge in [-0.2, -0.15) is 10.1 Å². The number of aromatic nitrogens is 4. The highest BCUT2D eigenvalue weighted by Gasteiger charge is 2.10. The Morgan fingerprint density at radius 3 is 2.89 bits per heavy atom. The average molecular weight is 261 g/mol. The molecule has 18 heavy (non-hydrogen) atoms. The molecule has 1 aromatic carbocycles. The SMILES string of the molecule is Cc1nc(=O)n(-c2ccn[nH]2)c2cc(Cl)ccc12. The largest absolute Gasteiger partial charge is 0.354 e. The molecule has 0 radical (unpaired) electrons. The number of halogens is 1. The first-order valence-electron chi connectivity index (χ1n) is 5.35. The molecule has 0 spiro atoms. The maximum Gasteiger partial charge on any atom is 0.354 e. The van der Waals surface area contributed by atoms with E-state index in [-0.39, 0.29) is 5.69 Å². The van der Waals surface area contributed by atoms with E-state index in [9.17, 15) is 4.79 Å². The number of rotatable bonds is 1. The zero-order valence-electron chi connectivity index (χ0n) is 9.51. The number of hydrogen-bond acceptors (Lipinski definition) is 3. The summed E-state index contributed by atoms with van der Waals surface area (Å²) in [4.78, 5) is 16.0. The summed E-state index contributed by atoms with van der Waals surface area (Å²) in [6.07, 6.45) is 1.58. The van der Waals surface area contributed by atoms with Crippen LogP contribution in [0.1, 0.15) is 5.69 Å². The van der Waals surface area contributed by atoms with Crippen LogP contribution < -0.4 is 5.69 Å². The highest BCUT2D eigenvalue weighted by Crippen LogP contribution is 2.21. The van der Waals surface area contributed by atoms with E-state index in [2.05, 4.69) is 15.2 Å². The van der Waals surface area contributed by atoms with Gasteiger partial charge in [-0.15, -0.1) is 0 Å². The van der Waals surface area contributed by atoms with E-state index >= 15 is 0 Å².